The molecule has 1 N–H and O–H groups in total. The largest absolute Gasteiger partial charge is 0.386 e. The average Bonchev–Trinajstić information content (AvgIpc) is 2.24. The second kappa shape index (κ2) is 3.93. The summed E-state index contributed by atoms with van der Waals surface area (Å²) in [6, 6.07) is 0. The van der Waals surface area contributed by atoms with E-state index in [0.717, 1.165) is 12.8 Å². The van der Waals surface area contributed by atoms with Crippen molar-refractivity contribution in [3.8, 4) is 0 Å². The summed E-state index contributed by atoms with van der Waals surface area (Å²) in [6.07, 6.45) is 12.8. The summed E-state index contributed by atoms with van der Waals surface area (Å²) in [5, 5.41) is 10.6. The molecule has 0 amide bonds. The Labute approximate surface area is 93.6 Å². The smallest absolute Gasteiger partial charge is 0.0856 e. The van der Waals surface area contributed by atoms with E-state index in [1.165, 1.54) is 32.1 Å². The molecule has 2 rings (SSSR count). The van der Waals surface area contributed by atoms with Crippen molar-refractivity contribution in [2.24, 2.45) is 11.3 Å². The van der Waals surface area contributed by atoms with Crippen LogP contribution in [0.5, 0.6) is 0 Å². The van der Waals surface area contributed by atoms with E-state index in [1.807, 2.05) is 0 Å². The highest BCUT2D eigenvalue weighted by Crippen LogP contribution is 2.42. The number of rotatable bonds is 1. The van der Waals surface area contributed by atoms with Crippen LogP contribution in [0.15, 0.2) is 12.2 Å². The third-order valence-corrected chi connectivity index (χ3v) is 4.31. The molecule has 1 fully saturated rings. The molecule has 1 saturated carbocycles. The molecule has 15 heavy (non-hydrogen) atoms. The molecule has 86 valence electrons. The van der Waals surface area contributed by atoms with Gasteiger partial charge in [0.15, 0.2) is 0 Å². The fraction of sp³-hybridized carbons (Fsp3) is 0.857. The van der Waals surface area contributed by atoms with Crippen LogP contribution in [0.3, 0.4) is 0 Å². The van der Waals surface area contributed by atoms with Gasteiger partial charge in [0.1, 0.15) is 0 Å². The quantitative estimate of drug-likeness (QED) is 0.652. The van der Waals surface area contributed by atoms with Crippen LogP contribution in [-0.4, -0.2) is 10.7 Å². The standard InChI is InChI=1S/C14H24O/c1-13(2)8-10-14(15,11-9-13)12-6-4-3-5-7-12/h8,10,12,15H,3-7,9,11H2,1-2H3. The van der Waals surface area contributed by atoms with E-state index in [2.05, 4.69) is 26.0 Å². The maximum absolute atomic E-state index is 10.6. The first-order valence-electron chi connectivity index (χ1n) is 6.45. The van der Waals surface area contributed by atoms with E-state index < -0.39 is 5.60 Å². The van der Waals surface area contributed by atoms with Gasteiger partial charge in [-0.25, -0.2) is 0 Å². The molecule has 1 atom stereocenters. The predicted molar refractivity (Wildman–Crippen MR) is 63.7 cm³/mol. The van der Waals surface area contributed by atoms with Crippen LogP contribution in [0.2, 0.25) is 0 Å². The Morgan fingerprint density at radius 3 is 2.20 bits per heavy atom. The second-order valence-electron chi connectivity index (χ2n) is 6.15. The first kappa shape index (κ1) is 11.2. The summed E-state index contributed by atoms with van der Waals surface area (Å²) in [5.41, 5.74) is -0.184. The van der Waals surface area contributed by atoms with Gasteiger partial charge in [0.2, 0.25) is 0 Å². The molecular weight excluding hydrogens is 184 g/mol. The van der Waals surface area contributed by atoms with E-state index in [4.69, 9.17) is 0 Å². The highest BCUT2D eigenvalue weighted by atomic mass is 16.3. The van der Waals surface area contributed by atoms with Crippen molar-refractivity contribution in [1.82, 2.24) is 0 Å². The molecule has 1 nitrogen and oxygen atoms in total. The van der Waals surface area contributed by atoms with Crippen LogP contribution >= 0.6 is 0 Å². The number of allylic oxidation sites excluding steroid dienone is 1. The third-order valence-electron chi connectivity index (χ3n) is 4.31. The Morgan fingerprint density at radius 2 is 1.67 bits per heavy atom. The summed E-state index contributed by atoms with van der Waals surface area (Å²) in [5.74, 6) is 0.526. The Morgan fingerprint density at radius 1 is 1.00 bits per heavy atom. The average molecular weight is 208 g/mol. The molecule has 0 radical (unpaired) electrons. The molecule has 0 aliphatic heterocycles. The minimum Gasteiger partial charge on any atom is -0.386 e. The third kappa shape index (κ3) is 2.44. The second-order valence-corrected chi connectivity index (χ2v) is 6.15. The Balaban J connectivity index is 2.07. The van der Waals surface area contributed by atoms with Gasteiger partial charge in [0, 0.05) is 0 Å². The SMILES string of the molecule is CC1(C)C=CC(O)(C2CCCCC2)CC1. The van der Waals surface area contributed by atoms with Crippen LogP contribution in [-0.2, 0) is 0 Å². The van der Waals surface area contributed by atoms with Crippen molar-refractivity contribution in [3.05, 3.63) is 12.2 Å². The first-order chi connectivity index (χ1) is 7.02. The van der Waals surface area contributed by atoms with Gasteiger partial charge in [-0.2, -0.15) is 0 Å². The van der Waals surface area contributed by atoms with Crippen LogP contribution in [0, 0.1) is 11.3 Å². The van der Waals surface area contributed by atoms with Gasteiger partial charge in [-0.3, -0.25) is 0 Å². The zero-order valence-corrected chi connectivity index (χ0v) is 10.1. The van der Waals surface area contributed by atoms with E-state index in [-0.39, 0.29) is 0 Å². The molecule has 2 aliphatic rings. The fourth-order valence-corrected chi connectivity index (χ4v) is 3.00. The van der Waals surface area contributed by atoms with Crippen LogP contribution in [0.1, 0.15) is 58.8 Å². The van der Waals surface area contributed by atoms with Gasteiger partial charge < -0.3 is 5.11 Å². The van der Waals surface area contributed by atoms with Gasteiger partial charge in [0.05, 0.1) is 5.60 Å². The minimum atomic E-state index is -0.476. The Hall–Kier alpha value is -0.300. The molecule has 0 spiro atoms. The van der Waals surface area contributed by atoms with Gasteiger partial charge in [-0.15, -0.1) is 0 Å². The van der Waals surface area contributed by atoms with Crippen LogP contribution in [0.4, 0.5) is 0 Å². The molecule has 0 aromatic rings. The van der Waals surface area contributed by atoms with Crippen molar-refractivity contribution in [2.45, 2.75) is 64.4 Å². The van der Waals surface area contributed by atoms with Crippen molar-refractivity contribution in [2.75, 3.05) is 0 Å². The minimum absolute atomic E-state index is 0.293. The molecule has 0 heterocycles. The maximum Gasteiger partial charge on any atom is 0.0856 e. The molecule has 1 unspecified atom stereocenters. The number of hydrogen-bond acceptors (Lipinski definition) is 1. The lowest BCUT2D eigenvalue weighted by Gasteiger charge is -2.41. The molecule has 0 aromatic heterocycles. The van der Waals surface area contributed by atoms with Crippen molar-refractivity contribution < 1.29 is 5.11 Å². The zero-order valence-electron chi connectivity index (χ0n) is 10.1. The van der Waals surface area contributed by atoms with E-state index in [1.54, 1.807) is 0 Å². The van der Waals surface area contributed by atoms with Crippen molar-refractivity contribution in [3.63, 3.8) is 0 Å². The molecule has 0 bridgehead atoms. The summed E-state index contributed by atoms with van der Waals surface area (Å²) in [6.45, 7) is 4.51. The lowest BCUT2D eigenvalue weighted by molar-refractivity contribution is -0.0107. The number of aliphatic hydroxyl groups is 1. The van der Waals surface area contributed by atoms with Gasteiger partial charge in [0.25, 0.3) is 0 Å². The van der Waals surface area contributed by atoms with E-state index >= 15 is 0 Å². The van der Waals surface area contributed by atoms with Crippen molar-refractivity contribution in [1.29, 1.82) is 0 Å². The van der Waals surface area contributed by atoms with Crippen LogP contribution in [0.25, 0.3) is 0 Å². The van der Waals surface area contributed by atoms with Crippen LogP contribution < -0.4 is 0 Å². The maximum atomic E-state index is 10.6. The summed E-state index contributed by atoms with van der Waals surface area (Å²) in [7, 11) is 0. The van der Waals surface area contributed by atoms with Gasteiger partial charge >= 0.3 is 0 Å². The molecule has 0 saturated heterocycles. The molecular formula is C14H24O. The monoisotopic (exact) mass is 208 g/mol. The number of hydrogen-bond donors (Lipinski definition) is 1. The van der Waals surface area contributed by atoms with E-state index in [0.29, 0.717) is 11.3 Å². The summed E-state index contributed by atoms with van der Waals surface area (Å²) in [4.78, 5) is 0. The first-order valence-corrected chi connectivity index (χ1v) is 6.45. The van der Waals surface area contributed by atoms with Gasteiger partial charge in [-0.1, -0.05) is 45.3 Å². The fourth-order valence-electron chi connectivity index (χ4n) is 3.00. The Bertz CT molecular complexity index is 248. The molecule has 0 aromatic carbocycles. The van der Waals surface area contributed by atoms with Gasteiger partial charge in [-0.05, 0) is 37.0 Å². The molecule has 2 aliphatic carbocycles. The normalized spacial score (nSPS) is 36.7. The highest BCUT2D eigenvalue weighted by molar-refractivity contribution is 5.13. The topological polar surface area (TPSA) is 20.2 Å². The lowest BCUT2D eigenvalue weighted by atomic mass is 9.68. The summed E-state index contributed by atoms with van der Waals surface area (Å²) < 4.78 is 0. The van der Waals surface area contributed by atoms with E-state index in [9.17, 15) is 5.11 Å². The highest BCUT2D eigenvalue weighted by Gasteiger charge is 2.38. The lowest BCUT2D eigenvalue weighted by Crippen LogP contribution is -2.40. The Kier molecular flexibility index (Phi) is 2.94. The predicted octanol–water partition coefficient (Wildman–Crippen LogP) is 3.67. The summed E-state index contributed by atoms with van der Waals surface area (Å²) >= 11 is 0. The van der Waals surface area contributed by atoms with Crippen molar-refractivity contribution >= 4 is 0 Å². The molecule has 1 heteroatoms. The zero-order chi connectivity index (χ0) is 10.9.